The molecule has 0 radical (unpaired) electrons. The topological polar surface area (TPSA) is 108 Å². The maximum absolute atomic E-state index is 13.3. The molecule has 0 saturated carbocycles. The maximum Gasteiger partial charge on any atom is 0.245 e. The van der Waals surface area contributed by atoms with Crippen LogP contribution in [0.2, 0.25) is 0 Å². The summed E-state index contributed by atoms with van der Waals surface area (Å²) in [6, 6.07) is 5.33. The standard InChI is InChI=1S/C17H21FN4O3/c1-10(23)20-15(5-6-16(19)24)17(25)22(2)9-13-8-11-7-12(18)3-4-14(11)21-13/h3-4,7-8,15,21H,5-6,9H2,1-2H3,(H2,19,24)(H,20,23)/t15-/m0/s1. The fraction of sp³-hybridized carbons (Fsp3) is 0.353. The van der Waals surface area contributed by atoms with Crippen LogP contribution in [0.4, 0.5) is 4.39 Å². The van der Waals surface area contributed by atoms with E-state index in [1.807, 2.05) is 0 Å². The molecule has 25 heavy (non-hydrogen) atoms. The molecule has 134 valence electrons. The second-order valence-corrected chi connectivity index (χ2v) is 5.98. The molecule has 2 rings (SSSR count). The molecule has 1 aromatic heterocycles. The summed E-state index contributed by atoms with van der Waals surface area (Å²) in [6.45, 7) is 1.55. The second kappa shape index (κ2) is 7.78. The molecule has 0 spiro atoms. The van der Waals surface area contributed by atoms with E-state index in [0.717, 1.165) is 11.2 Å². The number of nitrogens with one attached hydrogen (secondary N) is 2. The van der Waals surface area contributed by atoms with Gasteiger partial charge in [-0.15, -0.1) is 0 Å². The zero-order chi connectivity index (χ0) is 18.6. The summed E-state index contributed by atoms with van der Waals surface area (Å²) in [5, 5.41) is 3.25. The number of benzene rings is 1. The number of H-pyrrole nitrogens is 1. The van der Waals surface area contributed by atoms with Gasteiger partial charge in [0.1, 0.15) is 11.9 Å². The van der Waals surface area contributed by atoms with Crippen LogP contribution in [-0.2, 0) is 20.9 Å². The highest BCUT2D eigenvalue weighted by molar-refractivity contribution is 5.87. The lowest BCUT2D eigenvalue weighted by molar-refractivity contribution is -0.135. The number of aromatic nitrogens is 1. The number of carbonyl (C=O) groups excluding carboxylic acids is 3. The molecule has 8 heteroatoms. The third-order valence-electron chi connectivity index (χ3n) is 3.78. The van der Waals surface area contributed by atoms with E-state index in [0.29, 0.717) is 5.39 Å². The Morgan fingerprint density at radius 3 is 2.68 bits per heavy atom. The van der Waals surface area contributed by atoms with E-state index in [9.17, 15) is 18.8 Å². The van der Waals surface area contributed by atoms with Gasteiger partial charge in [-0.25, -0.2) is 4.39 Å². The number of nitrogens with two attached hydrogens (primary N) is 1. The normalized spacial score (nSPS) is 12.0. The summed E-state index contributed by atoms with van der Waals surface area (Å²) in [5.74, 6) is -1.57. The van der Waals surface area contributed by atoms with Crippen LogP contribution >= 0.6 is 0 Å². The van der Waals surface area contributed by atoms with Gasteiger partial charge < -0.3 is 20.9 Å². The van der Waals surface area contributed by atoms with Crippen molar-refractivity contribution in [2.45, 2.75) is 32.4 Å². The lowest BCUT2D eigenvalue weighted by Crippen LogP contribution is -2.46. The minimum Gasteiger partial charge on any atom is -0.370 e. The Kier molecular flexibility index (Phi) is 5.74. The van der Waals surface area contributed by atoms with E-state index in [4.69, 9.17) is 5.73 Å². The highest BCUT2D eigenvalue weighted by Gasteiger charge is 2.23. The molecule has 0 unspecified atom stereocenters. The second-order valence-electron chi connectivity index (χ2n) is 5.98. The van der Waals surface area contributed by atoms with Crippen LogP contribution in [0.1, 0.15) is 25.5 Å². The van der Waals surface area contributed by atoms with Crippen molar-refractivity contribution in [3.05, 3.63) is 35.8 Å². The number of carbonyl (C=O) groups is 3. The van der Waals surface area contributed by atoms with Gasteiger partial charge in [-0.3, -0.25) is 14.4 Å². The van der Waals surface area contributed by atoms with Gasteiger partial charge in [-0.05, 0) is 30.7 Å². The van der Waals surface area contributed by atoms with Crippen LogP contribution in [0, 0.1) is 5.82 Å². The lowest BCUT2D eigenvalue weighted by atomic mass is 10.1. The smallest absolute Gasteiger partial charge is 0.245 e. The van der Waals surface area contributed by atoms with Crippen molar-refractivity contribution in [1.82, 2.24) is 15.2 Å². The van der Waals surface area contributed by atoms with Crippen molar-refractivity contribution in [2.24, 2.45) is 5.73 Å². The molecule has 1 heterocycles. The Hall–Kier alpha value is -2.90. The highest BCUT2D eigenvalue weighted by Crippen LogP contribution is 2.18. The summed E-state index contributed by atoms with van der Waals surface area (Å²) < 4.78 is 13.3. The van der Waals surface area contributed by atoms with Gasteiger partial charge in [0, 0.05) is 37.0 Å². The fourth-order valence-corrected chi connectivity index (χ4v) is 2.64. The van der Waals surface area contributed by atoms with Crippen LogP contribution in [0.25, 0.3) is 10.9 Å². The van der Waals surface area contributed by atoms with Crippen LogP contribution in [0.3, 0.4) is 0 Å². The number of aromatic amines is 1. The fourth-order valence-electron chi connectivity index (χ4n) is 2.64. The number of primary amides is 1. The predicted octanol–water partition coefficient (Wildman–Crippen LogP) is 1.04. The summed E-state index contributed by atoms with van der Waals surface area (Å²) in [6.07, 6.45) is 0.131. The molecule has 3 amide bonds. The first-order valence-corrected chi connectivity index (χ1v) is 7.84. The van der Waals surface area contributed by atoms with Crippen molar-refractivity contribution in [1.29, 1.82) is 0 Å². The molecule has 0 fully saturated rings. The molecule has 0 saturated heterocycles. The van der Waals surface area contributed by atoms with Crippen LogP contribution in [0.15, 0.2) is 24.3 Å². The highest BCUT2D eigenvalue weighted by atomic mass is 19.1. The summed E-state index contributed by atoms with van der Waals surface area (Å²) in [4.78, 5) is 39.3. The van der Waals surface area contributed by atoms with E-state index >= 15 is 0 Å². The molecule has 0 aliphatic rings. The summed E-state index contributed by atoms with van der Waals surface area (Å²) >= 11 is 0. The van der Waals surface area contributed by atoms with Gasteiger partial charge >= 0.3 is 0 Å². The van der Waals surface area contributed by atoms with Crippen molar-refractivity contribution in [3.63, 3.8) is 0 Å². The van der Waals surface area contributed by atoms with E-state index in [-0.39, 0.29) is 37.0 Å². The number of nitrogens with zero attached hydrogens (tertiary/aromatic N) is 1. The van der Waals surface area contributed by atoms with Crippen molar-refractivity contribution >= 4 is 28.6 Å². The third kappa shape index (κ3) is 5.03. The van der Waals surface area contributed by atoms with Gasteiger partial charge in [-0.1, -0.05) is 0 Å². The van der Waals surface area contributed by atoms with E-state index < -0.39 is 11.9 Å². The molecule has 7 nitrogen and oxygen atoms in total. The predicted molar refractivity (Wildman–Crippen MR) is 90.8 cm³/mol. The monoisotopic (exact) mass is 348 g/mol. The Balaban J connectivity index is 2.09. The molecule has 1 aromatic carbocycles. The third-order valence-corrected chi connectivity index (χ3v) is 3.78. The van der Waals surface area contributed by atoms with Crippen molar-refractivity contribution < 1.29 is 18.8 Å². The molecular weight excluding hydrogens is 327 g/mol. The minimum atomic E-state index is -0.822. The summed E-state index contributed by atoms with van der Waals surface area (Å²) in [7, 11) is 1.59. The number of rotatable bonds is 7. The molecule has 0 aliphatic carbocycles. The first kappa shape index (κ1) is 18.4. The summed E-state index contributed by atoms with van der Waals surface area (Å²) in [5.41, 5.74) is 6.61. The Morgan fingerprint density at radius 1 is 1.32 bits per heavy atom. The number of halogens is 1. The number of amides is 3. The van der Waals surface area contributed by atoms with Gasteiger partial charge in [0.2, 0.25) is 17.7 Å². The first-order chi connectivity index (χ1) is 11.8. The number of fused-ring (bicyclic) bond motifs is 1. The largest absolute Gasteiger partial charge is 0.370 e. The minimum absolute atomic E-state index is 0.00378. The molecular formula is C17H21FN4O3. The van der Waals surface area contributed by atoms with E-state index in [2.05, 4.69) is 10.3 Å². The quantitative estimate of drug-likeness (QED) is 0.695. The van der Waals surface area contributed by atoms with Gasteiger partial charge in [-0.2, -0.15) is 0 Å². The molecule has 1 atom stereocenters. The Labute approximate surface area is 144 Å². The van der Waals surface area contributed by atoms with Gasteiger partial charge in [0.25, 0.3) is 0 Å². The molecule has 4 N–H and O–H groups in total. The number of hydrogen-bond donors (Lipinski definition) is 3. The first-order valence-electron chi connectivity index (χ1n) is 7.84. The lowest BCUT2D eigenvalue weighted by Gasteiger charge is -2.23. The van der Waals surface area contributed by atoms with Crippen LogP contribution in [-0.4, -0.2) is 40.7 Å². The SMILES string of the molecule is CC(=O)N[C@@H](CCC(N)=O)C(=O)N(C)Cc1cc2cc(F)ccc2[nH]1. The van der Waals surface area contributed by atoms with Crippen LogP contribution < -0.4 is 11.1 Å². The van der Waals surface area contributed by atoms with Gasteiger partial charge in [0.15, 0.2) is 0 Å². The van der Waals surface area contributed by atoms with Crippen LogP contribution in [0.5, 0.6) is 0 Å². The average molecular weight is 348 g/mol. The van der Waals surface area contributed by atoms with Crippen molar-refractivity contribution in [2.75, 3.05) is 7.05 Å². The Bertz CT molecular complexity index is 802. The molecule has 0 aliphatic heterocycles. The molecule has 0 bridgehead atoms. The maximum atomic E-state index is 13.3. The zero-order valence-corrected chi connectivity index (χ0v) is 14.1. The zero-order valence-electron chi connectivity index (χ0n) is 14.1. The van der Waals surface area contributed by atoms with E-state index in [1.165, 1.54) is 24.0 Å². The molecule has 2 aromatic rings. The van der Waals surface area contributed by atoms with Gasteiger partial charge in [0.05, 0.1) is 6.54 Å². The average Bonchev–Trinajstić information content (AvgIpc) is 2.91. The van der Waals surface area contributed by atoms with Crippen molar-refractivity contribution in [3.8, 4) is 0 Å². The number of likely N-dealkylation sites (N-methyl/N-ethyl adjacent to an activating group) is 1. The van der Waals surface area contributed by atoms with E-state index in [1.54, 1.807) is 19.2 Å². The number of hydrogen-bond acceptors (Lipinski definition) is 3. The Morgan fingerprint density at radius 2 is 2.04 bits per heavy atom.